The molecular formula is C13H12N4O2. The third kappa shape index (κ3) is 1.87. The van der Waals surface area contributed by atoms with E-state index in [9.17, 15) is 9.59 Å². The molecule has 6 nitrogen and oxygen atoms in total. The maximum absolute atomic E-state index is 11.9. The molecule has 0 saturated carbocycles. The maximum atomic E-state index is 11.9. The molecule has 0 unspecified atom stereocenters. The predicted octanol–water partition coefficient (Wildman–Crippen LogP) is 0.472. The van der Waals surface area contributed by atoms with Crippen molar-refractivity contribution in [2.45, 2.75) is 6.54 Å². The Balaban J connectivity index is 2.19. The van der Waals surface area contributed by atoms with Crippen LogP contribution in [-0.4, -0.2) is 19.1 Å². The summed E-state index contributed by atoms with van der Waals surface area (Å²) in [5.74, 6) is 0. The van der Waals surface area contributed by atoms with E-state index in [1.807, 2.05) is 30.3 Å². The number of fused-ring (bicyclic) bond motifs is 1. The van der Waals surface area contributed by atoms with Crippen molar-refractivity contribution in [2.24, 2.45) is 7.05 Å². The number of aromatic nitrogens is 4. The van der Waals surface area contributed by atoms with E-state index in [1.54, 1.807) is 17.9 Å². The molecule has 0 amide bonds. The number of nitrogens with zero attached hydrogens (tertiary/aromatic N) is 3. The van der Waals surface area contributed by atoms with Crippen molar-refractivity contribution in [1.29, 1.82) is 0 Å². The Morgan fingerprint density at radius 1 is 1.21 bits per heavy atom. The van der Waals surface area contributed by atoms with Crippen LogP contribution in [0.15, 0.2) is 46.2 Å². The molecular weight excluding hydrogens is 244 g/mol. The van der Waals surface area contributed by atoms with Gasteiger partial charge in [0.05, 0.1) is 6.33 Å². The average molecular weight is 256 g/mol. The number of benzene rings is 1. The third-order valence-corrected chi connectivity index (χ3v) is 3.07. The topological polar surface area (TPSA) is 72.7 Å². The van der Waals surface area contributed by atoms with Gasteiger partial charge in [-0.05, 0) is 5.56 Å². The number of hydrogen-bond donors (Lipinski definition) is 1. The Kier molecular flexibility index (Phi) is 2.56. The van der Waals surface area contributed by atoms with E-state index in [2.05, 4.69) is 9.97 Å². The van der Waals surface area contributed by atoms with Crippen LogP contribution in [0, 0.1) is 0 Å². The van der Waals surface area contributed by atoms with E-state index >= 15 is 0 Å². The fourth-order valence-electron chi connectivity index (χ4n) is 2.09. The summed E-state index contributed by atoms with van der Waals surface area (Å²) in [4.78, 5) is 29.8. The molecule has 0 aliphatic rings. The Labute approximate surface area is 108 Å². The van der Waals surface area contributed by atoms with Gasteiger partial charge in [-0.25, -0.2) is 9.78 Å². The Bertz CT molecular complexity index is 842. The molecule has 0 aliphatic carbocycles. The van der Waals surface area contributed by atoms with Crippen molar-refractivity contribution in [2.75, 3.05) is 0 Å². The molecule has 19 heavy (non-hydrogen) atoms. The highest BCUT2D eigenvalue weighted by Gasteiger charge is 2.11. The molecule has 0 aliphatic heterocycles. The predicted molar refractivity (Wildman–Crippen MR) is 71.1 cm³/mol. The summed E-state index contributed by atoms with van der Waals surface area (Å²) in [5.41, 5.74) is 1.000. The number of imidazole rings is 1. The van der Waals surface area contributed by atoms with Crippen molar-refractivity contribution in [3.63, 3.8) is 0 Å². The van der Waals surface area contributed by atoms with Gasteiger partial charge in [0.25, 0.3) is 5.56 Å². The zero-order valence-corrected chi connectivity index (χ0v) is 10.3. The number of nitrogens with one attached hydrogen (secondary N) is 1. The van der Waals surface area contributed by atoms with Crippen molar-refractivity contribution < 1.29 is 0 Å². The lowest BCUT2D eigenvalue weighted by Crippen LogP contribution is -2.29. The van der Waals surface area contributed by atoms with Gasteiger partial charge in [0.1, 0.15) is 0 Å². The molecule has 1 N–H and O–H groups in total. The monoisotopic (exact) mass is 256 g/mol. The molecule has 0 fully saturated rings. The van der Waals surface area contributed by atoms with E-state index in [1.165, 1.54) is 4.57 Å². The van der Waals surface area contributed by atoms with Crippen molar-refractivity contribution >= 4 is 11.2 Å². The van der Waals surface area contributed by atoms with Gasteiger partial charge in [-0.1, -0.05) is 30.3 Å². The number of aryl methyl sites for hydroxylation is 1. The minimum Gasteiger partial charge on any atom is -0.320 e. The second kappa shape index (κ2) is 4.24. The van der Waals surface area contributed by atoms with Crippen LogP contribution in [0.2, 0.25) is 0 Å². The van der Waals surface area contributed by atoms with Crippen LogP contribution < -0.4 is 11.2 Å². The Hall–Kier alpha value is -2.63. The first-order valence-electron chi connectivity index (χ1n) is 5.85. The summed E-state index contributed by atoms with van der Waals surface area (Å²) in [6.45, 7) is 0.540. The molecule has 3 aromatic rings. The van der Waals surface area contributed by atoms with Crippen LogP contribution in [0.1, 0.15) is 5.56 Å². The van der Waals surface area contributed by atoms with E-state index in [4.69, 9.17) is 0 Å². The first-order chi connectivity index (χ1) is 9.16. The van der Waals surface area contributed by atoms with E-state index in [-0.39, 0.29) is 0 Å². The fourth-order valence-corrected chi connectivity index (χ4v) is 2.09. The molecule has 3 rings (SSSR count). The molecule has 2 aromatic heterocycles. The van der Waals surface area contributed by atoms with Gasteiger partial charge in [-0.15, -0.1) is 0 Å². The summed E-state index contributed by atoms with van der Waals surface area (Å²) in [6, 6.07) is 9.76. The molecule has 6 heteroatoms. The number of rotatable bonds is 2. The van der Waals surface area contributed by atoms with E-state index < -0.39 is 11.2 Å². The van der Waals surface area contributed by atoms with Crippen LogP contribution in [0.5, 0.6) is 0 Å². The normalized spacial score (nSPS) is 11.0. The summed E-state index contributed by atoms with van der Waals surface area (Å²) in [6.07, 6.45) is 1.58. The molecule has 96 valence electrons. The summed E-state index contributed by atoms with van der Waals surface area (Å²) in [5, 5.41) is 0. The lowest BCUT2D eigenvalue weighted by Gasteiger charge is -2.04. The molecule has 1 aromatic carbocycles. The summed E-state index contributed by atoms with van der Waals surface area (Å²) >= 11 is 0. The number of H-pyrrole nitrogens is 1. The fraction of sp³-hybridized carbons (Fsp3) is 0.154. The molecule has 0 bridgehead atoms. The van der Waals surface area contributed by atoms with Gasteiger partial charge < -0.3 is 4.57 Å². The van der Waals surface area contributed by atoms with Gasteiger partial charge >= 0.3 is 5.69 Å². The summed E-state index contributed by atoms with van der Waals surface area (Å²) < 4.78 is 3.07. The first-order valence-corrected chi connectivity index (χ1v) is 5.85. The van der Waals surface area contributed by atoms with Crippen LogP contribution >= 0.6 is 0 Å². The van der Waals surface area contributed by atoms with Crippen molar-refractivity contribution in [3.8, 4) is 0 Å². The zero-order chi connectivity index (χ0) is 13.4. The maximum Gasteiger partial charge on any atom is 0.329 e. The smallest absolute Gasteiger partial charge is 0.320 e. The first kappa shape index (κ1) is 11.5. The van der Waals surface area contributed by atoms with Gasteiger partial charge in [0.2, 0.25) is 0 Å². The van der Waals surface area contributed by atoms with Crippen molar-refractivity contribution in [3.05, 3.63) is 63.1 Å². The largest absolute Gasteiger partial charge is 0.329 e. The van der Waals surface area contributed by atoms with Crippen molar-refractivity contribution in [1.82, 2.24) is 19.1 Å². The number of aromatic amines is 1. The highest BCUT2D eigenvalue weighted by molar-refractivity contribution is 5.69. The standard InChI is InChI=1S/C13H12N4O2/c1-16-11-10(12(18)15-13(16)19)17(8-14-11)7-9-5-3-2-4-6-9/h2-6,8H,7H2,1H3,(H,15,18,19). The molecule has 0 spiro atoms. The van der Waals surface area contributed by atoms with Gasteiger partial charge in [0.15, 0.2) is 11.2 Å². The third-order valence-electron chi connectivity index (χ3n) is 3.07. The molecule has 2 heterocycles. The Morgan fingerprint density at radius 3 is 2.68 bits per heavy atom. The molecule has 0 atom stereocenters. The highest BCUT2D eigenvalue weighted by atomic mass is 16.2. The Morgan fingerprint density at radius 2 is 1.95 bits per heavy atom. The SMILES string of the molecule is Cn1c(=O)[nH]c(=O)c2c1ncn2Cc1ccccc1. The average Bonchev–Trinajstić information content (AvgIpc) is 2.82. The second-order valence-corrected chi connectivity index (χ2v) is 4.35. The van der Waals surface area contributed by atoms with Crippen LogP contribution in [0.4, 0.5) is 0 Å². The minimum atomic E-state index is -0.456. The lowest BCUT2D eigenvalue weighted by atomic mass is 10.2. The van der Waals surface area contributed by atoms with E-state index in [0.29, 0.717) is 17.7 Å². The van der Waals surface area contributed by atoms with Gasteiger partial charge in [-0.2, -0.15) is 0 Å². The zero-order valence-electron chi connectivity index (χ0n) is 10.3. The van der Waals surface area contributed by atoms with Gasteiger partial charge in [-0.3, -0.25) is 14.3 Å². The lowest BCUT2D eigenvalue weighted by molar-refractivity contribution is 0.806. The van der Waals surface area contributed by atoms with Crippen LogP contribution in [0.3, 0.4) is 0 Å². The van der Waals surface area contributed by atoms with Crippen LogP contribution in [-0.2, 0) is 13.6 Å². The molecule has 0 radical (unpaired) electrons. The minimum absolute atomic E-state index is 0.393. The van der Waals surface area contributed by atoms with E-state index in [0.717, 1.165) is 5.56 Å². The second-order valence-electron chi connectivity index (χ2n) is 4.35. The molecule has 0 saturated heterocycles. The quantitative estimate of drug-likeness (QED) is 0.724. The van der Waals surface area contributed by atoms with Crippen LogP contribution in [0.25, 0.3) is 11.2 Å². The number of hydrogen-bond acceptors (Lipinski definition) is 3. The summed E-state index contributed by atoms with van der Waals surface area (Å²) in [7, 11) is 1.58. The van der Waals surface area contributed by atoms with Gasteiger partial charge in [0, 0.05) is 13.6 Å². The highest BCUT2D eigenvalue weighted by Crippen LogP contribution is 2.08.